The van der Waals surface area contributed by atoms with Crippen molar-refractivity contribution in [3.63, 3.8) is 0 Å². The number of hydrogen-bond acceptors (Lipinski definition) is 3. The fourth-order valence-electron chi connectivity index (χ4n) is 3.47. The van der Waals surface area contributed by atoms with Crippen molar-refractivity contribution in [1.82, 2.24) is 4.90 Å². The van der Waals surface area contributed by atoms with Crippen LogP contribution < -0.4 is 9.47 Å². The quantitative estimate of drug-likeness (QED) is 0.785. The molecule has 2 fully saturated rings. The van der Waals surface area contributed by atoms with Crippen LogP contribution in [0.4, 0.5) is 0 Å². The van der Waals surface area contributed by atoms with Gasteiger partial charge in [0.25, 0.3) is 0 Å². The fourth-order valence-corrected chi connectivity index (χ4v) is 3.47. The average molecular weight is 305 g/mol. The molecular weight excluding hydrogens is 276 g/mol. The minimum absolute atomic E-state index is 0.586. The standard InChI is InChI=1S/C10H19N2.C8H10O2/c1-10-4-6-11(2)8-9(10)12(3)7-5-10;1-9-7-5-3-4-6-8(7)10-2/h9H,2,4-8H2,1,3H3;3-6H,1-2H3/q+1;/t9-,10-;/m0./s1. The summed E-state index contributed by atoms with van der Waals surface area (Å²) >= 11 is 0. The molecular formula is C18H29N2O2+. The first kappa shape index (κ1) is 16.8. The van der Waals surface area contributed by atoms with Gasteiger partial charge in [-0.25, -0.2) is 4.58 Å². The van der Waals surface area contributed by atoms with Crippen molar-refractivity contribution in [2.75, 3.05) is 40.9 Å². The van der Waals surface area contributed by atoms with Crippen LogP contribution in [-0.2, 0) is 0 Å². The SMILES string of the molecule is C=[N+]1CC[C@@]2(C)CCN(C)[C@H]2C1.COc1ccccc1OC. The number of piperidine rings is 1. The van der Waals surface area contributed by atoms with E-state index in [1.807, 2.05) is 24.3 Å². The summed E-state index contributed by atoms with van der Waals surface area (Å²) in [5.74, 6) is 1.54. The second-order valence-electron chi connectivity index (χ2n) is 6.58. The van der Waals surface area contributed by atoms with Crippen molar-refractivity contribution in [3.05, 3.63) is 24.3 Å². The molecule has 2 atom stereocenters. The van der Waals surface area contributed by atoms with E-state index in [4.69, 9.17) is 9.47 Å². The zero-order chi connectivity index (χ0) is 16.2. The third-order valence-electron chi connectivity index (χ3n) is 5.09. The van der Waals surface area contributed by atoms with Gasteiger partial charge in [-0.05, 0) is 37.6 Å². The molecule has 0 radical (unpaired) electrons. The second kappa shape index (κ2) is 7.14. The van der Waals surface area contributed by atoms with Crippen molar-refractivity contribution in [2.45, 2.75) is 25.8 Å². The Morgan fingerprint density at radius 1 is 1.18 bits per heavy atom. The Labute approximate surface area is 134 Å². The predicted octanol–water partition coefficient (Wildman–Crippen LogP) is 2.52. The Kier molecular flexibility index (Phi) is 5.46. The van der Waals surface area contributed by atoms with Crippen LogP contribution in [0.25, 0.3) is 0 Å². The van der Waals surface area contributed by atoms with E-state index >= 15 is 0 Å². The number of hydrogen-bond donors (Lipinski definition) is 0. The summed E-state index contributed by atoms with van der Waals surface area (Å²) in [6, 6.07) is 8.28. The highest BCUT2D eigenvalue weighted by molar-refractivity contribution is 5.39. The first-order valence-corrected chi connectivity index (χ1v) is 7.93. The number of benzene rings is 1. The molecule has 122 valence electrons. The van der Waals surface area contributed by atoms with Crippen LogP contribution in [0.15, 0.2) is 24.3 Å². The van der Waals surface area contributed by atoms with Crippen LogP contribution in [0, 0.1) is 5.41 Å². The average Bonchev–Trinajstić information content (AvgIpc) is 2.84. The van der Waals surface area contributed by atoms with E-state index in [-0.39, 0.29) is 0 Å². The van der Waals surface area contributed by atoms with Crippen LogP contribution >= 0.6 is 0 Å². The van der Waals surface area contributed by atoms with Gasteiger partial charge < -0.3 is 9.47 Å². The first-order valence-electron chi connectivity index (χ1n) is 7.93. The maximum atomic E-state index is 5.01. The smallest absolute Gasteiger partial charge is 0.160 e. The number of para-hydroxylation sites is 2. The van der Waals surface area contributed by atoms with Gasteiger partial charge in [-0.15, -0.1) is 0 Å². The van der Waals surface area contributed by atoms with Gasteiger partial charge in [-0.3, -0.25) is 4.90 Å². The lowest BCUT2D eigenvalue weighted by Gasteiger charge is -2.35. The van der Waals surface area contributed by atoms with Crippen LogP contribution in [0.2, 0.25) is 0 Å². The number of ether oxygens (including phenoxy) is 2. The molecule has 22 heavy (non-hydrogen) atoms. The largest absolute Gasteiger partial charge is 0.493 e. The number of fused-ring (bicyclic) bond motifs is 1. The summed E-state index contributed by atoms with van der Waals surface area (Å²) in [6.07, 6.45) is 2.70. The second-order valence-corrected chi connectivity index (χ2v) is 6.58. The molecule has 2 aliphatic rings. The minimum Gasteiger partial charge on any atom is -0.493 e. The van der Waals surface area contributed by atoms with Gasteiger partial charge >= 0.3 is 0 Å². The number of nitrogens with zero attached hydrogens (tertiary/aromatic N) is 2. The van der Waals surface area contributed by atoms with Crippen LogP contribution in [0.5, 0.6) is 11.5 Å². The van der Waals surface area contributed by atoms with Crippen molar-refractivity contribution < 1.29 is 14.0 Å². The van der Waals surface area contributed by atoms with Crippen molar-refractivity contribution >= 4 is 6.72 Å². The topological polar surface area (TPSA) is 24.7 Å². The van der Waals surface area contributed by atoms with Crippen molar-refractivity contribution in [3.8, 4) is 11.5 Å². The zero-order valence-electron chi connectivity index (χ0n) is 14.3. The van der Waals surface area contributed by atoms with Gasteiger partial charge in [0.05, 0.1) is 20.3 Å². The molecule has 2 aliphatic heterocycles. The summed E-state index contributed by atoms with van der Waals surface area (Å²) in [6.45, 7) is 10.1. The number of likely N-dealkylation sites (N-methyl/N-ethyl adjacent to an activating group) is 1. The highest BCUT2D eigenvalue weighted by Crippen LogP contribution is 2.40. The van der Waals surface area contributed by atoms with E-state index in [1.54, 1.807) is 14.2 Å². The Balaban J connectivity index is 0.000000164. The normalized spacial score (nSPS) is 27.6. The monoisotopic (exact) mass is 305 g/mol. The van der Waals surface area contributed by atoms with Gasteiger partial charge in [-0.1, -0.05) is 19.1 Å². The van der Waals surface area contributed by atoms with Crippen LogP contribution in [-0.4, -0.2) is 63.1 Å². The first-order chi connectivity index (χ1) is 10.5. The maximum absolute atomic E-state index is 5.01. The van der Waals surface area contributed by atoms with Gasteiger partial charge in [0, 0.05) is 6.42 Å². The van der Waals surface area contributed by atoms with Crippen molar-refractivity contribution in [1.29, 1.82) is 0 Å². The third kappa shape index (κ3) is 3.61. The molecule has 0 spiro atoms. The van der Waals surface area contributed by atoms with Gasteiger partial charge in [-0.2, -0.15) is 0 Å². The van der Waals surface area contributed by atoms with E-state index in [2.05, 4.69) is 30.2 Å². The number of rotatable bonds is 2. The van der Waals surface area contributed by atoms with Gasteiger partial charge in [0.1, 0.15) is 13.3 Å². The number of methoxy groups -OCH3 is 2. The molecule has 4 heteroatoms. The molecule has 0 aliphatic carbocycles. The lowest BCUT2D eigenvalue weighted by Crippen LogP contribution is -2.47. The van der Waals surface area contributed by atoms with E-state index in [0.29, 0.717) is 5.41 Å². The summed E-state index contributed by atoms with van der Waals surface area (Å²) < 4.78 is 12.2. The lowest BCUT2D eigenvalue weighted by atomic mass is 9.77. The van der Waals surface area contributed by atoms with E-state index in [9.17, 15) is 0 Å². The van der Waals surface area contributed by atoms with Crippen LogP contribution in [0.1, 0.15) is 19.8 Å². The molecule has 1 aromatic carbocycles. The molecule has 3 rings (SSSR count). The third-order valence-corrected chi connectivity index (χ3v) is 5.09. The zero-order valence-corrected chi connectivity index (χ0v) is 14.3. The molecule has 2 saturated heterocycles. The summed E-state index contributed by atoms with van der Waals surface area (Å²) in [4.78, 5) is 2.50. The molecule has 0 saturated carbocycles. The molecule has 0 unspecified atom stereocenters. The predicted molar refractivity (Wildman–Crippen MR) is 90.4 cm³/mol. The molecule has 2 heterocycles. The summed E-state index contributed by atoms with van der Waals surface area (Å²) in [7, 11) is 5.49. The van der Waals surface area contributed by atoms with E-state index in [0.717, 1.165) is 24.1 Å². The highest BCUT2D eigenvalue weighted by Gasteiger charge is 2.47. The molecule has 4 nitrogen and oxygen atoms in total. The Bertz CT molecular complexity index is 495. The number of likely N-dealkylation sites (tertiary alicyclic amines) is 1. The van der Waals surface area contributed by atoms with Gasteiger partial charge in [0.15, 0.2) is 18.0 Å². The van der Waals surface area contributed by atoms with Crippen LogP contribution in [0.3, 0.4) is 0 Å². The fraction of sp³-hybridized carbons (Fsp3) is 0.611. The molecule has 0 bridgehead atoms. The summed E-state index contributed by atoms with van der Waals surface area (Å²) in [5, 5.41) is 0. The molecule has 0 amide bonds. The molecule has 0 N–H and O–H groups in total. The highest BCUT2D eigenvalue weighted by atomic mass is 16.5. The Hall–Kier alpha value is -1.55. The van der Waals surface area contributed by atoms with E-state index < -0.39 is 0 Å². The van der Waals surface area contributed by atoms with E-state index in [1.165, 1.54) is 25.9 Å². The van der Waals surface area contributed by atoms with Crippen molar-refractivity contribution in [2.24, 2.45) is 5.41 Å². The maximum Gasteiger partial charge on any atom is 0.160 e. The summed E-state index contributed by atoms with van der Waals surface area (Å²) in [5.41, 5.74) is 0.586. The molecule has 1 aromatic rings. The van der Waals surface area contributed by atoms with Gasteiger partial charge in [0.2, 0.25) is 0 Å². The molecule has 0 aromatic heterocycles. The Morgan fingerprint density at radius 2 is 1.77 bits per heavy atom. The minimum atomic E-state index is 0.586. The lowest BCUT2D eigenvalue weighted by molar-refractivity contribution is -0.542. The Morgan fingerprint density at radius 3 is 2.32 bits per heavy atom.